The van der Waals surface area contributed by atoms with Crippen LogP contribution in [0.2, 0.25) is 0 Å². The van der Waals surface area contributed by atoms with Crippen molar-refractivity contribution in [2.75, 3.05) is 31.7 Å². The SMILES string of the molecule is C=C(C1CC1)C(Cc1ccc(C)cc1N(C)S(C)(=O)=O)N(C)C. The van der Waals surface area contributed by atoms with Gasteiger partial charge in [-0.1, -0.05) is 24.3 Å². The largest absolute Gasteiger partial charge is 0.302 e. The highest BCUT2D eigenvalue weighted by Crippen LogP contribution is 2.39. The zero-order chi connectivity index (χ0) is 17.4. The summed E-state index contributed by atoms with van der Waals surface area (Å²) in [5.41, 5.74) is 4.14. The molecule has 0 spiro atoms. The fourth-order valence-corrected chi connectivity index (χ4v) is 3.43. The van der Waals surface area contributed by atoms with E-state index in [0.29, 0.717) is 5.92 Å². The average Bonchev–Trinajstić information content (AvgIpc) is 3.27. The number of benzene rings is 1. The van der Waals surface area contributed by atoms with Gasteiger partial charge < -0.3 is 4.90 Å². The molecule has 23 heavy (non-hydrogen) atoms. The Morgan fingerprint density at radius 2 is 1.91 bits per heavy atom. The third kappa shape index (κ3) is 4.36. The van der Waals surface area contributed by atoms with Crippen LogP contribution in [0, 0.1) is 12.8 Å². The Bertz CT molecular complexity index is 691. The van der Waals surface area contributed by atoms with E-state index in [1.807, 2.05) is 25.1 Å². The molecule has 1 aliphatic carbocycles. The lowest BCUT2D eigenvalue weighted by Gasteiger charge is -2.29. The van der Waals surface area contributed by atoms with E-state index in [-0.39, 0.29) is 6.04 Å². The standard InChI is InChI=1S/C18H28N2O2S/c1-13-7-8-16(18(11-13)20(5)23(6,21)22)12-17(19(3)4)14(2)15-9-10-15/h7-8,11,15,17H,2,9-10,12H2,1,3-6H3. The second-order valence-corrected chi connectivity index (χ2v) is 8.91. The fourth-order valence-electron chi connectivity index (χ4n) is 2.90. The van der Waals surface area contributed by atoms with Crippen molar-refractivity contribution in [3.63, 3.8) is 0 Å². The van der Waals surface area contributed by atoms with Gasteiger partial charge in [-0.3, -0.25) is 4.31 Å². The van der Waals surface area contributed by atoms with E-state index in [1.165, 1.54) is 29.0 Å². The summed E-state index contributed by atoms with van der Waals surface area (Å²) < 4.78 is 25.3. The number of hydrogen-bond donors (Lipinski definition) is 0. The lowest BCUT2D eigenvalue weighted by Crippen LogP contribution is -2.33. The molecule has 2 rings (SSSR count). The number of likely N-dealkylation sites (N-methyl/N-ethyl adjacent to an activating group) is 1. The molecule has 5 heteroatoms. The highest BCUT2D eigenvalue weighted by atomic mass is 32.2. The van der Waals surface area contributed by atoms with Crippen LogP contribution in [-0.2, 0) is 16.4 Å². The summed E-state index contributed by atoms with van der Waals surface area (Å²) in [4.78, 5) is 2.19. The topological polar surface area (TPSA) is 40.6 Å². The molecule has 0 radical (unpaired) electrons. The lowest BCUT2D eigenvalue weighted by molar-refractivity contribution is 0.320. The minimum absolute atomic E-state index is 0.233. The van der Waals surface area contributed by atoms with Gasteiger partial charge in [0.05, 0.1) is 11.9 Å². The predicted octanol–water partition coefficient (Wildman–Crippen LogP) is 2.83. The smallest absolute Gasteiger partial charge is 0.232 e. The zero-order valence-electron chi connectivity index (χ0n) is 14.8. The van der Waals surface area contributed by atoms with Gasteiger partial charge in [0.2, 0.25) is 10.0 Å². The molecule has 0 heterocycles. The Balaban J connectivity index is 2.36. The van der Waals surface area contributed by atoms with Crippen LogP contribution in [0.5, 0.6) is 0 Å². The molecule has 0 amide bonds. The molecule has 0 aliphatic heterocycles. The Labute approximate surface area is 140 Å². The van der Waals surface area contributed by atoms with Crippen LogP contribution < -0.4 is 4.31 Å². The molecule has 1 aromatic carbocycles. The summed E-state index contributed by atoms with van der Waals surface area (Å²) in [7, 11) is 2.46. The third-order valence-electron chi connectivity index (χ3n) is 4.64. The van der Waals surface area contributed by atoms with Gasteiger partial charge in [-0.2, -0.15) is 0 Å². The van der Waals surface area contributed by atoms with Gasteiger partial charge in [0.1, 0.15) is 0 Å². The number of sulfonamides is 1. The second kappa shape index (κ2) is 6.65. The van der Waals surface area contributed by atoms with Crippen LogP contribution in [0.3, 0.4) is 0 Å². The average molecular weight is 337 g/mol. The van der Waals surface area contributed by atoms with Gasteiger partial charge in [-0.25, -0.2) is 8.42 Å². The number of anilines is 1. The number of aryl methyl sites for hydroxylation is 1. The Kier molecular flexibility index (Phi) is 5.21. The molecular weight excluding hydrogens is 308 g/mol. The lowest BCUT2D eigenvalue weighted by atomic mass is 9.94. The van der Waals surface area contributed by atoms with Crippen molar-refractivity contribution in [3.05, 3.63) is 41.5 Å². The summed E-state index contributed by atoms with van der Waals surface area (Å²) in [5.74, 6) is 0.629. The van der Waals surface area contributed by atoms with Crippen molar-refractivity contribution in [2.45, 2.75) is 32.2 Å². The minimum atomic E-state index is -3.28. The number of rotatable bonds is 7. The van der Waals surface area contributed by atoms with Gasteiger partial charge in [0.15, 0.2) is 0 Å². The molecule has 1 atom stereocenters. The van der Waals surface area contributed by atoms with Gasteiger partial charge in [0, 0.05) is 13.1 Å². The number of nitrogens with zero attached hydrogens (tertiary/aromatic N) is 2. The molecule has 1 unspecified atom stereocenters. The van der Waals surface area contributed by atoms with Crippen LogP contribution in [0.4, 0.5) is 5.69 Å². The van der Waals surface area contributed by atoms with E-state index in [4.69, 9.17) is 0 Å². The highest BCUT2D eigenvalue weighted by molar-refractivity contribution is 7.92. The fraction of sp³-hybridized carbons (Fsp3) is 0.556. The highest BCUT2D eigenvalue weighted by Gasteiger charge is 2.31. The van der Waals surface area contributed by atoms with Crippen molar-refractivity contribution >= 4 is 15.7 Å². The van der Waals surface area contributed by atoms with E-state index in [2.05, 4.69) is 25.6 Å². The first-order chi connectivity index (χ1) is 10.6. The van der Waals surface area contributed by atoms with Crippen LogP contribution >= 0.6 is 0 Å². The van der Waals surface area contributed by atoms with Crippen molar-refractivity contribution in [2.24, 2.45) is 5.92 Å². The maximum absolute atomic E-state index is 12.0. The van der Waals surface area contributed by atoms with Crippen LogP contribution in [0.1, 0.15) is 24.0 Å². The summed E-state index contributed by atoms with van der Waals surface area (Å²) in [6.45, 7) is 6.28. The van der Waals surface area contributed by atoms with Crippen molar-refractivity contribution in [3.8, 4) is 0 Å². The van der Waals surface area contributed by atoms with Gasteiger partial charge in [0.25, 0.3) is 0 Å². The van der Waals surface area contributed by atoms with E-state index >= 15 is 0 Å². The normalized spacial score (nSPS) is 16.4. The van der Waals surface area contributed by atoms with E-state index in [0.717, 1.165) is 23.2 Å². The van der Waals surface area contributed by atoms with Crippen LogP contribution in [0.25, 0.3) is 0 Å². The van der Waals surface area contributed by atoms with Crippen molar-refractivity contribution in [1.29, 1.82) is 0 Å². The second-order valence-electron chi connectivity index (χ2n) is 6.90. The molecule has 0 aromatic heterocycles. The van der Waals surface area contributed by atoms with Crippen molar-refractivity contribution < 1.29 is 8.42 Å². The minimum Gasteiger partial charge on any atom is -0.302 e. The monoisotopic (exact) mass is 336 g/mol. The Morgan fingerprint density at radius 1 is 1.30 bits per heavy atom. The first-order valence-electron chi connectivity index (χ1n) is 7.99. The molecule has 1 saturated carbocycles. The Hall–Kier alpha value is -1.33. The zero-order valence-corrected chi connectivity index (χ0v) is 15.7. The molecule has 0 saturated heterocycles. The molecule has 0 N–H and O–H groups in total. The summed E-state index contributed by atoms with van der Waals surface area (Å²) in [6, 6.07) is 6.27. The predicted molar refractivity (Wildman–Crippen MR) is 97.5 cm³/mol. The maximum atomic E-state index is 12.0. The molecule has 4 nitrogen and oxygen atoms in total. The summed E-state index contributed by atoms with van der Waals surface area (Å²) in [5, 5.41) is 0. The number of hydrogen-bond acceptors (Lipinski definition) is 3. The Morgan fingerprint density at radius 3 is 2.39 bits per heavy atom. The first kappa shape index (κ1) is 18.0. The van der Waals surface area contributed by atoms with Gasteiger partial charge in [-0.15, -0.1) is 0 Å². The maximum Gasteiger partial charge on any atom is 0.232 e. The van der Waals surface area contributed by atoms with Crippen LogP contribution in [0.15, 0.2) is 30.4 Å². The van der Waals surface area contributed by atoms with E-state index < -0.39 is 10.0 Å². The molecule has 128 valence electrons. The molecular formula is C18H28N2O2S. The van der Waals surface area contributed by atoms with E-state index in [1.54, 1.807) is 7.05 Å². The molecule has 1 fully saturated rings. The molecule has 1 aliphatic rings. The summed E-state index contributed by atoms with van der Waals surface area (Å²) >= 11 is 0. The third-order valence-corrected chi connectivity index (χ3v) is 5.84. The summed E-state index contributed by atoms with van der Waals surface area (Å²) in [6.07, 6.45) is 4.48. The quantitative estimate of drug-likeness (QED) is 0.719. The molecule has 0 bridgehead atoms. The van der Waals surface area contributed by atoms with Crippen molar-refractivity contribution in [1.82, 2.24) is 4.90 Å². The van der Waals surface area contributed by atoms with Gasteiger partial charge >= 0.3 is 0 Å². The van der Waals surface area contributed by atoms with Gasteiger partial charge in [-0.05, 0) is 63.4 Å². The first-order valence-corrected chi connectivity index (χ1v) is 9.84. The molecule has 1 aromatic rings. The van der Waals surface area contributed by atoms with Crippen LogP contribution in [-0.4, -0.2) is 46.8 Å². The van der Waals surface area contributed by atoms with E-state index in [9.17, 15) is 8.42 Å².